The number of nitrogens with zero attached hydrogens (tertiary/aromatic N) is 1. The van der Waals surface area contributed by atoms with Gasteiger partial charge < -0.3 is 28.6 Å². The van der Waals surface area contributed by atoms with E-state index in [0.29, 0.717) is 12.8 Å². The monoisotopic (exact) mass is 786 g/mol. The van der Waals surface area contributed by atoms with Crippen LogP contribution in [0.25, 0.3) is 0 Å². The van der Waals surface area contributed by atoms with Crippen LogP contribution < -0.4 is 5.11 Å². The fourth-order valence-corrected chi connectivity index (χ4v) is 6.09. The number of likely N-dealkylation sites (N-methyl/N-ethyl adjacent to an activating group) is 1. The molecule has 0 aliphatic heterocycles. The van der Waals surface area contributed by atoms with Crippen molar-refractivity contribution in [2.75, 3.05) is 41.0 Å². The van der Waals surface area contributed by atoms with Crippen LogP contribution in [0, 0.1) is 0 Å². The van der Waals surface area contributed by atoms with Crippen LogP contribution in [-0.4, -0.2) is 75.5 Å². The summed E-state index contributed by atoms with van der Waals surface area (Å²) in [5, 5.41) is 11.6. The maximum Gasteiger partial charge on any atom is 0.306 e. The summed E-state index contributed by atoms with van der Waals surface area (Å²) < 4.78 is 17.1. The Hall–Kier alpha value is -2.97. The lowest BCUT2D eigenvalue weighted by Gasteiger charge is -2.34. The number of carbonyl (C=O) groups excluding carboxylic acids is 3. The lowest BCUT2D eigenvalue weighted by atomic mass is 10.1. The third kappa shape index (κ3) is 36.7. The van der Waals surface area contributed by atoms with Crippen molar-refractivity contribution in [1.29, 1.82) is 0 Å². The molecule has 8 nitrogen and oxygen atoms in total. The molecule has 56 heavy (non-hydrogen) atoms. The van der Waals surface area contributed by atoms with Crippen molar-refractivity contribution in [2.24, 2.45) is 0 Å². The van der Waals surface area contributed by atoms with Gasteiger partial charge in [-0.15, -0.1) is 0 Å². The Bertz CT molecular complexity index is 1100. The first-order valence-electron chi connectivity index (χ1n) is 22.3. The highest BCUT2D eigenvalue weighted by atomic mass is 16.6. The molecule has 0 saturated heterocycles. The van der Waals surface area contributed by atoms with Gasteiger partial charge in [-0.3, -0.25) is 9.59 Å². The molecule has 0 aliphatic carbocycles. The third-order valence-corrected chi connectivity index (χ3v) is 9.63. The van der Waals surface area contributed by atoms with Gasteiger partial charge in [0.2, 0.25) is 0 Å². The van der Waals surface area contributed by atoms with E-state index >= 15 is 0 Å². The second kappa shape index (κ2) is 38.9. The SMILES string of the molecule is CCCC/C=C/CCCCCCCC(=O)OC(COCCC(C(=O)[O-])[N+](C)(C)C)COC(=O)CCCCCCC/C=C/C/C=C/C/C=C/C/C=C/CCCCC. The predicted octanol–water partition coefficient (Wildman–Crippen LogP) is 10.9. The standard InChI is InChI=1S/C48H83NO7/c1-6-8-10-12-14-16-18-19-20-21-22-23-24-25-26-27-29-30-32-34-36-38-46(50)55-43-44(42-54-41-40-45(48(52)53)49(3,4)5)56-47(51)39-37-35-33-31-28-17-15-13-11-9-7-2/h13-16,19-20,22-23,25-26,44-45H,6-12,17-18,21,24,27-43H2,1-5H3/b15-13+,16-14+,20-19+,23-22+,26-25+. The zero-order valence-electron chi connectivity index (χ0n) is 36.5. The summed E-state index contributed by atoms with van der Waals surface area (Å²) in [5.41, 5.74) is 0. The molecule has 0 spiro atoms. The van der Waals surface area contributed by atoms with E-state index in [1.54, 1.807) is 21.1 Å². The number of allylic oxidation sites excluding steroid dienone is 10. The van der Waals surface area contributed by atoms with Crippen LogP contribution in [0.5, 0.6) is 0 Å². The van der Waals surface area contributed by atoms with E-state index in [1.807, 2.05) is 0 Å². The van der Waals surface area contributed by atoms with Gasteiger partial charge in [0, 0.05) is 19.3 Å². The average Bonchev–Trinajstić information content (AvgIpc) is 3.15. The summed E-state index contributed by atoms with van der Waals surface area (Å²) in [4.78, 5) is 36.8. The molecule has 0 saturated carbocycles. The van der Waals surface area contributed by atoms with Crippen molar-refractivity contribution in [3.05, 3.63) is 60.8 Å². The molecular formula is C48H83NO7. The summed E-state index contributed by atoms with van der Waals surface area (Å²) in [5.74, 6) is -1.78. The van der Waals surface area contributed by atoms with Crippen molar-refractivity contribution in [2.45, 2.75) is 187 Å². The lowest BCUT2D eigenvalue weighted by molar-refractivity contribution is -0.889. The van der Waals surface area contributed by atoms with E-state index in [9.17, 15) is 19.5 Å². The number of aliphatic carboxylic acids is 1. The molecule has 0 bridgehead atoms. The van der Waals surface area contributed by atoms with Gasteiger partial charge in [-0.2, -0.15) is 0 Å². The van der Waals surface area contributed by atoms with Crippen molar-refractivity contribution < 1.29 is 38.2 Å². The van der Waals surface area contributed by atoms with Gasteiger partial charge in [0.05, 0.1) is 40.3 Å². The topological polar surface area (TPSA) is 102 Å². The third-order valence-electron chi connectivity index (χ3n) is 9.63. The minimum Gasteiger partial charge on any atom is -0.544 e. The zero-order valence-corrected chi connectivity index (χ0v) is 36.5. The minimum atomic E-state index is -1.13. The van der Waals surface area contributed by atoms with Crippen LogP contribution in [0.4, 0.5) is 0 Å². The molecular weight excluding hydrogens is 703 g/mol. The number of quaternary nitrogens is 1. The Kier molecular flexibility index (Phi) is 36.8. The molecule has 2 atom stereocenters. The number of carboxylic acid groups (broad SMARTS) is 1. The molecule has 0 heterocycles. The van der Waals surface area contributed by atoms with E-state index in [1.165, 1.54) is 38.5 Å². The first kappa shape index (κ1) is 53.0. The minimum absolute atomic E-state index is 0.0289. The van der Waals surface area contributed by atoms with E-state index in [2.05, 4.69) is 74.6 Å². The van der Waals surface area contributed by atoms with Gasteiger partial charge in [0.1, 0.15) is 12.6 Å². The van der Waals surface area contributed by atoms with Gasteiger partial charge in [0.25, 0.3) is 0 Å². The van der Waals surface area contributed by atoms with Crippen molar-refractivity contribution in [1.82, 2.24) is 0 Å². The molecule has 0 aromatic rings. The molecule has 0 rings (SSSR count). The lowest BCUT2D eigenvalue weighted by Crippen LogP contribution is -2.55. The summed E-state index contributed by atoms with van der Waals surface area (Å²) in [7, 11) is 5.39. The second-order valence-electron chi connectivity index (χ2n) is 15.9. The van der Waals surface area contributed by atoms with Crippen LogP contribution in [0.3, 0.4) is 0 Å². The van der Waals surface area contributed by atoms with Crippen LogP contribution in [0.2, 0.25) is 0 Å². The Morgan fingerprint density at radius 2 is 0.964 bits per heavy atom. The predicted molar refractivity (Wildman–Crippen MR) is 231 cm³/mol. The number of unbranched alkanes of at least 4 members (excludes halogenated alkanes) is 15. The summed E-state index contributed by atoms with van der Waals surface area (Å²) in [6.07, 6.45) is 46.7. The molecule has 0 fully saturated rings. The fraction of sp³-hybridized carbons (Fsp3) is 0.729. The maximum absolute atomic E-state index is 12.7. The van der Waals surface area contributed by atoms with Gasteiger partial charge in [-0.25, -0.2) is 0 Å². The Labute approximate surface area is 343 Å². The van der Waals surface area contributed by atoms with Crippen LogP contribution >= 0.6 is 0 Å². The Morgan fingerprint density at radius 3 is 1.46 bits per heavy atom. The molecule has 0 aromatic carbocycles. The number of ether oxygens (including phenoxy) is 3. The molecule has 322 valence electrons. The summed E-state index contributed by atoms with van der Waals surface area (Å²) in [6, 6.07) is -0.731. The van der Waals surface area contributed by atoms with Gasteiger partial charge >= 0.3 is 11.9 Å². The number of carboxylic acids is 1. The Morgan fingerprint density at radius 1 is 0.536 bits per heavy atom. The quantitative estimate of drug-likeness (QED) is 0.0265. The van der Waals surface area contributed by atoms with Crippen LogP contribution in [0.1, 0.15) is 174 Å². The van der Waals surface area contributed by atoms with Gasteiger partial charge in [-0.1, -0.05) is 139 Å². The van der Waals surface area contributed by atoms with Crippen molar-refractivity contribution in [3.63, 3.8) is 0 Å². The number of esters is 2. The highest BCUT2D eigenvalue weighted by molar-refractivity contribution is 5.70. The molecule has 0 aromatic heterocycles. The maximum atomic E-state index is 12.7. The van der Waals surface area contributed by atoms with E-state index in [-0.39, 0.29) is 42.7 Å². The van der Waals surface area contributed by atoms with Gasteiger partial charge in [0.15, 0.2) is 6.10 Å². The normalized spacial score (nSPS) is 13.5. The van der Waals surface area contributed by atoms with Crippen molar-refractivity contribution >= 4 is 17.9 Å². The molecule has 0 radical (unpaired) electrons. The summed E-state index contributed by atoms with van der Waals surface area (Å²) in [6.45, 7) is 4.55. The molecule has 2 unspecified atom stereocenters. The van der Waals surface area contributed by atoms with Crippen molar-refractivity contribution in [3.8, 4) is 0 Å². The smallest absolute Gasteiger partial charge is 0.306 e. The zero-order chi connectivity index (χ0) is 41.4. The number of carbonyl (C=O) groups is 3. The highest BCUT2D eigenvalue weighted by Gasteiger charge is 2.25. The van der Waals surface area contributed by atoms with Gasteiger partial charge in [-0.05, 0) is 77.0 Å². The summed E-state index contributed by atoms with van der Waals surface area (Å²) >= 11 is 0. The van der Waals surface area contributed by atoms with E-state index in [0.717, 1.165) is 103 Å². The Balaban J connectivity index is 4.33. The highest BCUT2D eigenvalue weighted by Crippen LogP contribution is 2.13. The first-order chi connectivity index (χ1) is 27.1. The average molecular weight is 786 g/mol. The number of hydrogen-bond acceptors (Lipinski definition) is 7. The second-order valence-corrected chi connectivity index (χ2v) is 15.9. The molecule has 0 amide bonds. The van der Waals surface area contributed by atoms with E-state index < -0.39 is 18.1 Å². The fourth-order valence-electron chi connectivity index (χ4n) is 6.09. The number of rotatable bonds is 39. The largest absolute Gasteiger partial charge is 0.544 e. The molecule has 0 aliphatic rings. The molecule has 0 N–H and O–H groups in total. The first-order valence-corrected chi connectivity index (χ1v) is 22.3. The van der Waals surface area contributed by atoms with E-state index in [4.69, 9.17) is 14.2 Å². The molecule has 8 heteroatoms. The number of hydrogen-bond donors (Lipinski definition) is 0. The van der Waals surface area contributed by atoms with Crippen LogP contribution in [-0.2, 0) is 28.6 Å². The van der Waals surface area contributed by atoms with Crippen LogP contribution in [0.15, 0.2) is 60.8 Å².